The summed E-state index contributed by atoms with van der Waals surface area (Å²) < 4.78 is 0. The zero-order valence-corrected chi connectivity index (χ0v) is 13.9. The minimum atomic E-state index is -0.0857. The molecule has 0 aliphatic rings. The van der Waals surface area contributed by atoms with Crippen LogP contribution in [0.15, 0.2) is 30.3 Å². The van der Waals surface area contributed by atoms with E-state index in [0.717, 1.165) is 21.1 Å². The molecule has 3 aromatic rings. The van der Waals surface area contributed by atoms with Gasteiger partial charge in [0.05, 0.1) is 10.4 Å². The first-order valence-electron chi connectivity index (χ1n) is 7.31. The smallest absolute Gasteiger partial charge is 0.261 e. The van der Waals surface area contributed by atoms with Gasteiger partial charge in [0.1, 0.15) is 4.83 Å². The van der Waals surface area contributed by atoms with E-state index in [1.807, 2.05) is 6.07 Å². The van der Waals surface area contributed by atoms with Gasteiger partial charge in [0.25, 0.3) is 5.91 Å². The lowest BCUT2D eigenvalue weighted by molar-refractivity contribution is 0.0962. The van der Waals surface area contributed by atoms with Crippen LogP contribution in [0.5, 0.6) is 0 Å². The van der Waals surface area contributed by atoms with Crippen molar-refractivity contribution in [2.75, 3.05) is 6.54 Å². The van der Waals surface area contributed by atoms with Crippen LogP contribution < -0.4 is 5.32 Å². The number of nitrogens with zero attached hydrogens (tertiary/aromatic N) is 1. The predicted octanol–water partition coefficient (Wildman–Crippen LogP) is 4.31. The summed E-state index contributed by atoms with van der Waals surface area (Å²) in [5.41, 5.74) is 2.36. The third kappa shape index (κ3) is 2.71. The first kappa shape index (κ1) is 15.0. The number of carbonyl (C=O) groups excluding carboxylic acids is 1. The molecular formula is C18H19N2OS. The van der Waals surface area contributed by atoms with Crippen LogP contribution >= 0.6 is 11.3 Å². The topological polar surface area (TPSA) is 42.0 Å². The Morgan fingerprint density at radius 3 is 2.68 bits per heavy atom. The second kappa shape index (κ2) is 5.36. The van der Waals surface area contributed by atoms with Crippen LogP contribution in [0.1, 0.15) is 36.0 Å². The Bertz CT molecular complexity index is 859. The maximum absolute atomic E-state index is 11.9. The minimum Gasteiger partial charge on any atom is -0.351 e. The zero-order valence-electron chi connectivity index (χ0n) is 13.1. The largest absolute Gasteiger partial charge is 0.351 e. The van der Waals surface area contributed by atoms with Crippen LogP contribution in [-0.2, 0) is 5.41 Å². The summed E-state index contributed by atoms with van der Waals surface area (Å²) in [5, 5.41) is 4.85. The summed E-state index contributed by atoms with van der Waals surface area (Å²) in [5.74, 6) is -0.0857. The van der Waals surface area contributed by atoms with Crippen molar-refractivity contribution in [3.05, 3.63) is 47.7 Å². The average molecular weight is 311 g/mol. The van der Waals surface area contributed by atoms with Crippen LogP contribution in [0.4, 0.5) is 0 Å². The number of benzene rings is 1. The number of thiophene rings is 1. The lowest BCUT2D eigenvalue weighted by Gasteiger charge is -2.19. The molecule has 2 aromatic heterocycles. The Labute approximate surface area is 134 Å². The summed E-state index contributed by atoms with van der Waals surface area (Å²) in [6.07, 6.45) is 0. The summed E-state index contributed by atoms with van der Waals surface area (Å²) >= 11 is 1.42. The van der Waals surface area contributed by atoms with Gasteiger partial charge in [-0.25, -0.2) is 4.98 Å². The molecule has 113 valence electrons. The normalized spacial score (nSPS) is 12.0. The van der Waals surface area contributed by atoms with Gasteiger partial charge in [-0.2, -0.15) is 0 Å². The predicted molar refractivity (Wildman–Crippen MR) is 93.5 cm³/mol. The molecule has 1 aromatic carbocycles. The van der Waals surface area contributed by atoms with Crippen molar-refractivity contribution < 1.29 is 4.79 Å². The molecule has 22 heavy (non-hydrogen) atoms. The molecule has 0 fully saturated rings. The second-order valence-corrected chi connectivity index (χ2v) is 7.44. The number of rotatable bonds is 2. The van der Waals surface area contributed by atoms with E-state index in [-0.39, 0.29) is 11.3 Å². The molecule has 0 aliphatic carbocycles. The summed E-state index contributed by atoms with van der Waals surface area (Å²) in [6.45, 7) is 10.6. The fraction of sp³-hybridized carbons (Fsp3) is 0.278. The molecule has 1 amide bonds. The standard InChI is InChI=1S/C18H19N2OS/c1-5-19-16(21)15-10-12-8-11-9-13(18(2,3)4)6-7-14(11)20-17(12)22-15/h6-10H,1,5H2,2-4H3,(H,19,21). The Morgan fingerprint density at radius 1 is 1.23 bits per heavy atom. The van der Waals surface area contributed by atoms with Crippen LogP contribution in [0.2, 0.25) is 0 Å². The van der Waals surface area contributed by atoms with Crippen molar-refractivity contribution in [1.29, 1.82) is 0 Å². The van der Waals surface area contributed by atoms with Gasteiger partial charge in [-0.3, -0.25) is 4.79 Å². The number of aromatic nitrogens is 1. The Balaban J connectivity index is 2.13. The molecular weight excluding hydrogens is 292 g/mol. The van der Waals surface area contributed by atoms with Crippen LogP contribution in [-0.4, -0.2) is 17.4 Å². The molecule has 3 nitrogen and oxygen atoms in total. The van der Waals surface area contributed by atoms with E-state index in [4.69, 9.17) is 0 Å². The fourth-order valence-corrected chi connectivity index (χ4v) is 3.35. The van der Waals surface area contributed by atoms with Crippen molar-refractivity contribution in [1.82, 2.24) is 10.3 Å². The highest BCUT2D eigenvalue weighted by atomic mass is 32.1. The van der Waals surface area contributed by atoms with Gasteiger partial charge in [0.2, 0.25) is 0 Å². The van der Waals surface area contributed by atoms with Gasteiger partial charge in [-0.15, -0.1) is 11.3 Å². The number of nitrogens with one attached hydrogen (secondary N) is 1. The van der Waals surface area contributed by atoms with Gasteiger partial charge >= 0.3 is 0 Å². The van der Waals surface area contributed by atoms with Crippen LogP contribution in [0.25, 0.3) is 21.1 Å². The molecule has 1 radical (unpaired) electrons. The highest BCUT2D eigenvalue weighted by molar-refractivity contribution is 7.20. The Hall–Kier alpha value is -1.94. The number of hydrogen-bond acceptors (Lipinski definition) is 3. The summed E-state index contributed by atoms with van der Waals surface area (Å²) in [6, 6.07) is 10.4. The quantitative estimate of drug-likeness (QED) is 0.766. The highest BCUT2D eigenvalue weighted by Gasteiger charge is 2.15. The van der Waals surface area contributed by atoms with Crippen molar-refractivity contribution >= 4 is 38.4 Å². The van der Waals surface area contributed by atoms with Gasteiger partial charge in [0, 0.05) is 17.3 Å². The van der Waals surface area contributed by atoms with Crippen molar-refractivity contribution in [2.45, 2.75) is 26.2 Å². The van der Waals surface area contributed by atoms with E-state index < -0.39 is 0 Å². The van der Waals surface area contributed by atoms with Gasteiger partial charge in [-0.1, -0.05) is 26.8 Å². The molecule has 0 spiro atoms. The minimum absolute atomic E-state index is 0.0857. The van der Waals surface area contributed by atoms with Crippen LogP contribution in [0, 0.1) is 6.92 Å². The maximum Gasteiger partial charge on any atom is 0.261 e. The highest BCUT2D eigenvalue weighted by Crippen LogP contribution is 2.30. The number of carbonyl (C=O) groups is 1. The van der Waals surface area contributed by atoms with E-state index >= 15 is 0 Å². The molecule has 0 saturated heterocycles. The third-order valence-electron chi connectivity index (χ3n) is 3.68. The monoisotopic (exact) mass is 311 g/mol. The van der Waals surface area contributed by atoms with Crippen molar-refractivity contribution in [2.24, 2.45) is 0 Å². The molecule has 1 N–H and O–H groups in total. The number of fused-ring (bicyclic) bond motifs is 2. The molecule has 4 heteroatoms. The maximum atomic E-state index is 11.9. The van der Waals surface area contributed by atoms with Crippen LogP contribution in [0.3, 0.4) is 0 Å². The number of pyridine rings is 1. The first-order valence-corrected chi connectivity index (χ1v) is 8.12. The van der Waals surface area contributed by atoms with E-state index in [9.17, 15) is 4.79 Å². The summed E-state index contributed by atoms with van der Waals surface area (Å²) in [7, 11) is 0. The average Bonchev–Trinajstić information content (AvgIpc) is 2.86. The van der Waals surface area contributed by atoms with Crippen molar-refractivity contribution in [3.63, 3.8) is 0 Å². The SMILES string of the molecule is [CH2]CNC(=O)c1cc2cc3cc(C(C)(C)C)ccc3nc2s1. The molecule has 0 bridgehead atoms. The summed E-state index contributed by atoms with van der Waals surface area (Å²) in [4.78, 5) is 18.2. The van der Waals surface area contributed by atoms with Crippen molar-refractivity contribution in [3.8, 4) is 0 Å². The Morgan fingerprint density at radius 2 is 2.00 bits per heavy atom. The molecule has 0 unspecified atom stereocenters. The lowest BCUT2D eigenvalue weighted by atomic mass is 9.86. The van der Waals surface area contributed by atoms with E-state index in [1.54, 1.807) is 0 Å². The van der Waals surface area contributed by atoms with E-state index in [0.29, 0.717) is 11.4 Å². The fourth-order valence-electron chi connectivity index (χ4n) is 2.41. The molecule has 2 heterocycles. The lowest BCUT2D eigenvalue weighted by Crippen LogP contribution is -2.21. The zero-order chi connectivity index (χ0) is 15.9. The second-order valence-electron chi connectivity index (χ2n) is 6.41. The Kier molecular flexibility index (Phi) is 3.65. The van der Waals surface area contributed by atoms with E-state index in [1.165, 1.54) is 16.9 Å². The molecule has 0 atom stereocenters. The third-order valence-corrected chi connectivity index (χ3v) is 4.72. The number of hydrogen-bond donors (Lipinski definition) is 1. The molecule has 3 rings (SSSR count). The van der Waals surface area contributed by atoms with Gasteiger partial charge in [0.15, 0.2) is 0 Å². The van der Waals surface area contributed by atoms with Gasteiger partial charge < -0.3 is 5.32 Å². The van der Waals surface area contributed by atoms with E-state index in [2.05, 4.69) is 62.3 Å². The molecule has 0 saturated carbocycles. The van der Waals surface area contributed by atoms with Gasteiger partial charge in [-0.05, 0) is 42.2 Å². The number of amides is 1. The first-order chi connectivity index (χ1) is 10.4. The molecule has 0 aliphatic heterocycles.